The molecule has 1 amide bonds. The minimum absolute atomic E-state index is 0.246. The van der Waals surface area contributed by atoms with Crippen molar-refractivity contribution in [1.29, 1.82) is 0 Å². The van der Waals surface area contributed by atoms with Crippen LogP contribution in [0.25, 0.3) is 20.3 Å². The highest BCUT2D eigenvalue weighted by Gasteiger charge is 2.18. The summed E-state index contributed by atoms with van der Waals surface area (Å²) in [5, 5.41) is 3.01. The van der Waals surface area contributed by atoms with Crippen molar-refractivity contribution in [2.24, 2.45) is 0 Å². The predicted molar refractivity (Wildman–Crippen MR) is 117 cm³/mol. The number of thiophene rings is 1. The van der Waals surface area contributed by atoms with Crippen molar-refractivity contribution in [1.82, 2.24) is 9.55 Å². The average molecular weight is 439 g/mol. The molecule has 2 aromatic heterocycles. The van der Waals surface area contributed by atoms with Crippen LogP contribution in [0, 0.1) is 12.7 Å². The first-order valence-corrected chi connectivity index (χ1v) is 10.4. The second-order valence-electron chi connectivity index (χ2n) is 6.79. The van der Waals surface area contributed by atoms with Crippen LogP contribution in [0.1, 0.15) is 23.1 Å². The molecular formula is C22H18FN3O4S. The van der Waals surface area contributed by atoms with E-state index in [2.05, 4.69) is 10.3 Å². The van der Waals surface area contributed by atoms with Crippen LogP contribution in [-0.2, 0) is 16.1 Å². The van der Waals surface area contributed by atoms with Gasteiger partial charge in [0.1, 0.15) is 22.9 Å². The van der Waals surface area contributed by atoms with E-state index in [0.717, 1.165) is 11.3 Å². The Kier molecular flexibility index (Phi) is 5.51. The van der Waals surface area contributed by atoms with Crippen LogP contribution >= 0.6 is 11.3 Å². The number of hydrogen-bond donors (Lipinski definition) is 1. The summed E-state index contributed by atoms with van der Waals surface area (Å²) < 4.78 is 21.4. The van der Waals surface area contributed by atoms with E-state index in [1.807, 2.05) is 0 Å². The molecule has 0 unspecified atom stereocenters. The fraction of sp³-hybridized carbons (Fsp3) is 0.182. The number of hydrogen-bond acceptors (Lipinski definition) is 6. The number of halogens is 1. The number of esters is 1. The molecule has 0 spiro atoms. The molecule has 9 heteroatoms. The van der Waals surface area contributed by atoms with Gasteiger partial charge in [-0.25, -0.2) is 14.2 Å². The van der Waals surface area contributed by atoms with Crippen molar-refractivity contribution >= 4 is 49.2 Å². The molecule has 158 valence electrons. The van der Waals surface area contributed by atoms with Gasteiger partial charge in [0.05, 0.1) is 23.1 Å². The lowest BCUT2D eigenvalue weighted by Gasteiger charge is -2.10. The fourth-order valence-electron chi connectivity index (χ4n) is 3.27. The number of nitrogens with one attached hydrogen (secondary N) is 1. The molecular weight excluding hydrogens is 421 g/mol. The smallest absolute Gasteiger partial charge is 0.338 e. The van der Waals surface area contributed by atoms with Crippen molar-refractivity contribution in [2.75, 3.05) is 11.9 Å². The maximum Gasteiger partial charge on any atom is 0.338 e. The number of carbonyl (C=O) groups excluding carboxylic acids is 2. The molecule has 0 atom stereocenters. The number of aromatic nitrogens is 2. The zero-order chi connectivity index (χ0) is 22.1. The number of aryl methyl sites for hydroxylation is 1. The Bertz CT molecular complexity index is 1380. The normalized spacial score (nSPS) is 11.1. The molecule has 0 saturated carbocycles. The van der Waals surface area contributed by atoms with Crippen LogP contribution < -0.4 is 10.9 Å². The van der Waals surface area contributed by atoms with Gasteiger partial charge >= 0.3 is 5.97 Å². The second kappa shape index (κ2) is 8.27. The Morgan fingerprint density at radius 2 is 1.94 bits per heavy atom. The largest absolute Gasteiger partial charge is 0.462 e. The van der Waals surface area contributed by atoms with Crippen molar-refractivity contribution in [3.8, 4) is 0 Å². The SMILES string of the molecule is CCOC(=O)c1ccc(NC(=O)Cn2c(C)nc3c(sc4cccc(F)c43)c2=O)cc1. The highest BCUT2D eigenvalue weighted by molar-refractivity contribution is 7.25. The summed E-state index contributed by atoms with van der Waals surface area (Å²) in [4.78, 5) is 41.6. The number of amides is 1. The van der Waals surface area contributed by atoms with E-state index in [9.17, 15) is 18.8 Å². The second-order valence-corrected chi connectivity index (χ2v) is 7.84. The highest BCUT2D eigenvalue weighted by Crippen LogP contribution is 2.32. The zero-order valence-electron chi connectivity index (χ0n) is 16.8. The maximum atomic E-state index is 14.3. The van der Waals surface area contributed by atoms with E-state index in [1.54, 1.807) is 50.2 Å². The minimum atomic E-state index is -0.443. The number of carbonyl (C=O) groups is 2. The fourth-order valence-corrected chi connectivity index (χ4v) is 4.37. The van der Waals surface area contributed by atoms with Crippen LogP contribution in [0.2, 0.25) is 0 Å². The minimum Gasteiger partial charge on any atom is -0.462 e. The van der Waals surface area contributed by atoms with E-state index in [4.69, 9.17) is 4.74 Å². The van der Waals surface area contributed by atoms with Gasteiger partial charge in [-0.05, 0) is 50.2 Å². The van der Waals surface area contributed by atoms with Gasteiger partial charge in [0, 0.05) is 10.4 Å². The molecule has 0 aliphatic rings. The van der Waals surface area contributed by atoms with E-state index >= 15 is 0 Å². The van der Waals surface area contributed by atoms with Crippen LogP contribution in [-0.4, -0.2) is 28.0 Å². The van der Waals surface area contributed by atoms with Gasteiger partial charge in [-0.15, -0.1) is 11.3 Å². The Morgan fingerprint density at radius 3 is 2.65 bits per heavy atom. The third kappa shape index (κ3) is 3.91. The Morgan fingerprint density at radius 1 is 1.19 bits per heavy atom. The van der Waals surface area contributed by atoms with Gasteiger partial charge < -0.3 is 10.1 Å². The van der Waals surface area contributed by atoms with Crippen molar-refractivity contribution in [2.45, 2.75) is 20.4 Å². The molecule has 2 aromatic carbocycles. The summed E-state index contributed by atoms with van der Waals surface area (Å²) >= 11 is 1.15. The molecule has 0 saturated heterocycles. The van der Waals surface area contributed by atoms with Gasteiger partial charge in [0.25, 0.3) is 5.56 Å². The number of nitrogens with zero attached hydrogens (tertiary/aromatic N) is 2. The molecule has 31 heavy (non-hydrogen) atoms. The summed E-state index contributed by atoms with van der Waals surface area (Å²) in [5.74, 6) is -0.991. The topological polar surface area (TPSA) is 90.3 Å². The molecule has 0 aliphatic carbocycles. The van der Waals surface area contributed by atoms with Crippen molar-refractivity contribution in [3.05, 3.63) is 70.0 Å². The Hall–Kier alpha value is -3.59. The van der Waals surface area contributed by atoms with E-state index in [0.29, 0.717) is 37.4 Å². The summed E-state index contributed by atoms with van der Waals surface area (Å²) in [5.41, 5.74) is 0.767. The van der Waals surface area contributed by atoms with Crippen molar-refractivity contribution in [3.63, 3.8) is 0 Å². The first-order valence-electron chi connectivity index (χ1n) is 9.54. The molecule has 4 rings (SSSR count). The molecule has 2 heterocycles. The standard InChI is InChI=1S/C22H18FN3O4S/c1-3-30-22(29)13-7-9-14(10-8-13)25-17(27)11-26-12(2)24-19-18-15(23)5-4-6-16(18)31-20(19)21(26)28/h4-10H,3,11H2,1-2H3,(H,25,27). The van der Waals surface area contributed by atoms with Crippen LogP contribution in [0.5, 0.6) is 0 Å². The van der Waals surface area contributed by atoms with Gasteiger partial charge in [-0.2, -0.15) is 0 Å². The summed E-state index contributed by atoms with van der Waals surface area (Å²) in [6, 6.07) is 10.9. The molecule has 0 fully saturated rings. The summed E-state index contributed by atoms with van der Waals surface area (Å²) in [6.07, 6.45) is 0. The van der Waals surface area contributed by atoms with Gasteiger partial charge in [0.2, 0.25) is 5.91 Å². The number of rotatable bonds is 5. The maximum absolute atomic E-state index is 14.3. The number of benzene rings is 2. The summed E-state index contributed by atoms with van der Waals surface area (Å²) in [7, 11) is 0. The first kappa shape index (κ1) is 20.7. The third-order valence-corrected chi connectivity index (χ3v) is 5.86. The van der Waals surface area contributed by atoms with Crippen LogP contribution in [0.4, 0.5) is 10.1 Å². The zero-order valence-corrected chi connectivity index (χ0v) is 17.6. The lowest BCUT2D eigenvalue weighted by Crippen LogP contribution is -2.29. The summed E-state index contributed by atoms with van der Waals surface area (Å²) in [6.45, 7) is 3.35. The van der Waals surface area contributed by atoms with E-state index in [-0.39, 0.29) is 13.2 Å². The Balaban J connectivity index is 1.59. The average Bonchev–Trinajstić information content (AvgIpc) is 3.12. The van der Waals surface area contributed by atoms with Crippen molar-refractivity contribution < 1.29 is 18.7 Å². The van der Waals surface area contributed by atoms with Gasteiger partial charge in [-0.1, -0.05) is 6.07 Å². The molecule has 7 nitrogen and oxygen atoms in total. The Labute approximate surface area is 180 Å². The molecule has 0 aliphatic heterocycles. The number of fused-ring (bicyclic) bond motifs is 3. The van der Waals surface area contributed by atoms with Crippen LogP contribution in [0.15, 0.2) is 47.3 Å². The van der Waals surface area contributed by atoms with E-state index in [1.165, 1.54) is 10.6 Å². The number of anilines is 1. The lowest BCUT2D eigenvalue weighted by molar-refractivity contribution is -0.116. The van der Waals surface area contributed by atoms with E-state index < -0.39 is 23.3 Å². The van der Waals surface area contributed by atoms with Gasteiger partial charge in [0.15, 0.2) is 0 Å². The lowest BCUT2D eigenvalue weighted by atomic mass is 10.2. The molecule has 0 radical (unpaired) electrons. The number of ether oxygens (including phenoxy) is 1. The quantitative estimate of drug-likeness (QED) is 0.477. The first-order chi connectivity index (χ1) is 14.9. The van der Waals surface area contributed by atoms with Crippen LogP contribution in [0.3, 0.4) is 0 Å². The third-order valence-electron chi connectivity index (χ3n) is 4.72. The molecule has 1 N–H and O–H groups in total. The predicted octanol–water partition coefficient (Wildman–Crippen LogP) is 3.87. The monoisotopic (exact) mass is 439 g/mol. The van der Waals surface area contributed by atoms with Gasteiger partial charge in [-0.3, -0.25) is 14.2 Å². The molecule has 0 bridgehead atoms. The molecule has 4 aromatic rings. The highest BCUT2D eigenvalue weighted by atomic mass is 32.1.